The molecule has 0 aromatic rings. The molecule has 0 unspecified atom stereocenters. The van der Waals surface area contributed by atoms with Crippen LogP contribution < -0.4 is 0 Å². The van der Waals surface area contributed by atoms with Crippen LogP contribution in [0.2, 0.25) is 0 Å². The fourth-order valence-electron chi connectivity index (χ4n) is 0. The predicted molar refractivity (Wildman–Crippen MR) is 91.6 cm³/mol. The molecule has 32 heteroatoms. The van der Waals surface area contributed by atoms with E-state index in [2.05, 4.69) is 4.67 Å². The Labute approximate surface area is 250 Å². The average Bonchev–Trinajstić information content (AvgIpc) is 1.59. The van der Waals surface area contributed by atoms with Crippen molar-refractivity contribution in [2.45, 2.75) is 0 Å². The van der Waals surface area contributed by atoms with E-state index >= 15 is 0 Å². The maximum Gasteiger partial charge on any atom is 0.784 e. The van der Waals surface area contributed by atoms with E-state index in [-0.39, 0.29) is 193 Å². The summed E-state index contributed by atoms with van der Waals surface area (Å²) in [6.07, 6.45) is 0. The molecular formula is H41O25P2W5+3. The molecule has 0 aliphatic rings. The summed E-state index contributed by atoms with van der Waals surface area (Å²) >= 11 is 0. The van der Waals surface area contributed by atoms with E-state index < -0.39 is 15.6 Å². The first-order chi connectivity index (χ1) is 4.56. The molecule has 228 valence electrons. The molecule has 0 saturated carbocycles. The first kappa shape index (κ1) is 281. The maximum atomic E-state index is 9.28. The van der Waals surface area contributed by atoms with E-state index in [0.717, 1.165) is 0 Å². The van der Waals surface area contributed by atoms with Crippen molar-refractivity contribution >= 4 is 15.6 Å². The zero-order valence-electron chi connectivity index (χ0n) is 15.0. The Morgan fingerprint density at radius 1 is 0.438 bits per heavy atom. The second-order valence-electron chi connectivity index (χ2n) is 1.16. The summed E-state index contributed by atoms with van der Waals surface area (Å²) in [5, 5.41) is 5.59. The van der Waals surface area contributed by atoms with E-state index in [4.69, 9.17) is 34.3 Å². The summed E-state index contributed by atoms with van der Waals surface area (Å²) in [6.45, 7) is 0. The minimum Gasteiger partial charge on any atom is -0.412 e. The van der Waals surface area contributed by atoms with E-state index in [1.165, 1.54) is 0 Å². The van der Waals surface area contributed by atoms with Crippen molar-refractivity contribution in [2.75, 3.05) is 0 Å². The van der Waals surface area contributed by atoms with Gasteiger partial charge in [0, 0.05) is 110 Å². The van der Waals surface area contributed by atoms with Crippen LogP contribution in [-0.2, 0) is 119 Å². The molecule has 0 aliphatic carbocycles. The fraction of sp³-hybridized carbons (Fsp3) is 0. The van der Waals surface area contributed by atoms with Crippen molar-refractivity contribution < 1.29 is 236 Å². The first-order valence-corrected chi connectivity index (χ1v) is 4.99. The SMILES string of the molecule is O.O.O.O.O.O.O.O.O.O.O.O.O.O.O.O.O=P(O)(O)O[OH2+].O=P(O)([OH2+])[OH2+].[W].[W].[W].[W].[W]. The van der Waals surface area contributed by atoms with Crippen molar-refractivity contribution in [2.24, 2.45) is 0 Å². The summed E-state index contributed by atoms with van der Waals surface area (Å²) in [5.74, 6) is 0. The third-order valence-electron chi connectivity index (χ3n) is 0.119. The van der Waals surface area contributed by atoms with E-state index in [1.54, 1.807) is 0 Å². The first-order valence-electron chi connectivity index (χ1n) is 1.80. The van der Waals surface area contributed by atoms with Crippen molar-refractivity contribution in [1.29, 1.82) is 0 Å². The van der Waals surface area contributed by atoms with Gasteiger partial charge in [-0.05, 0) is 0 Å². The Kier molecular flexibility index (Phi) is 1270. The Morgan fingerprint density at radius 2 is 0.469 bits per heavy atom. The number of hydrogen-bond acceptors (Lipinski definition) is 3. The minimum absolute atomic E-state index is 0. The Bertz CT molecular complexity index is 183. The van der Waals surface area contributed by atoms with Crippen molar-refractivity contribution in [3.63, 3.8) is 0 Å². The molecule has 0 saturated heterocycles. The van der Waals surface area contributed by atoms with Crippen LogP contribution in [0.25, 0.3) is 0 Å². The van der Waals surface area contributed by atoms with Gasteiger partial charge in [-0.3, -0.25) is 9.79 Å². The molecule has 0 aromatic carbocycles. The van der Waals surface area contributed by atoms with E-state index in [0.29, 0.717) is 0 Å². The van der Waals surface area contributed by atoms with Crippen LogP contribution in [-0.4, -0.2) is 117 Å². The number of rotatable bonds is 1. The van der Waals surface area contributed by atoms with Gasteiger partial charge < -0.3 is 97.4 Å². The largest absolute Gasteiger partial charge is 0.784 e. The van der Waals surface area contributed by atoms with Gasteiger partial charge in [0.2, 0.25) is 0 Å². The van der Waals surface area contributed by atoms with Crippen molar-refractivity contribution in [3.8, 4) is 0 Å². The number of hydrogen-bond donors (Lipinski definition) is 3. The summed E-state index contributed by atoms with van der Waals surface area (Å²) in [7, 11) is -8.62. The van der Waals surface area contributed by atoms with Crippen LogP contribution in [0.3, 0.4) is 0 Å². The molecule has 0 aliphatic heterocycles. The minimum atomic E-state index is -4.48. The van der Waals surface area contributed by atoms with Gasteiger partial charge in [-0.25, -0.2) is 14.7 Å². The standard InChI is InChI=1S/H3O5P.H3O4P.16H2O.5W/c1-5-6(2,3)4;1-5(2,3)4;;;;;;;;;;;;;;;;;;;;;/h1H,(H2,2,3,4);(H3,1,2,3,4);16*1H2;;;;;/p+3. The zero-order chi connectivity index (χ0) is 9.71. The normalized spacial score (nSPS) is 4.06. The Morgan fingerprint density at radius 3 is 0.469 bits per heavy atom. The van der Waals surface area contributed by atoms with Gasteiger partial charge in [-0.1, -0.05) is 0 Å². The van der Waals surface area contributed by atoms with E-state index in [1.807, 2.05) is 0 Å². The monoisotopic (exact) mass is 1420 g/mol. The number of phosphoric acid groups is 1. The summed E-state index contributed by atoms with van der Waals surface area (Å²) < 4.78 is 21.2. The summed E-state index contributed by atoms with van der Waals surface area (Å²) in [4.78, 5) is 33.9. The topological polar surface area (TPSA) is 677 Å². The third kappa shape index (κ3) is 943. The molecule has 32 heavy (non-hydrogen) atoms. The molecule has 0 aromatic heterocycles. The third-order valence-corrected chi connectivity index (χ3v) is 0.357. The second kappa shape index (κ2) is 145. The van der Waals surface area contributed by atoms with Crippen LogP contribution in [0.1, 0.15) is 0 Å². The molecule has 0 bridgehead atoms. The van der Waals surface area contributed by atoms with Crippen LogP contribution in [0.5, 0.6) is 0 Å². The van der Waals surface area contributed by atoms with Crippen LogP contribution in [0.15, 0.2) is 0 Å². The molecule has 0 spiro atoms. The quantitative estimate of drug-likeness (QED) is 0.0990. The van der Waals surface area contributed by atoms with Gasteiger partial charge in [0.05, 0.1) is 0 Å². The van der Waals surface area contributed by atoms with Crippen molar-refractivity contribution in [1.82, 2.24) is 0 Å². The summed E-state index contributed by atoms with van der Waals surface area (Å²) in [5.41, 5.74) is 0. The molecule has 0 radical (unpaired) electrons. The van der Waals surface area contributed by atoms with Crippen LogP contribution in [0, 0.1) is 0 Å². The van der Waals surface area contributed by atoms with Gasteiger partial charge in [0.15, 0.2) is 0 Å². The average molecular weight is 1420 g/mol. The predicted octanol–water partition coefficient (Wildman–Crippen LogP) is -15.9. The molecular weight excluding hydrogens is 1380 g/mol. The second-order valence-corrected chi connectivity index (χ2v) is 3.47. The van der Waals surface area contributed by atoms with Crippen LogP contribution >= 0.6 is 15.6 Å². The molecule has 41 N–H and O–H groups in total. The Hall–Kier alpha value is 2.98. The molecule has 0 rings (SSSR count). The van der Waals surface area contributed by atoms with Gasteiger partial charge >= 0.3 is 15.6 Å². The molecule has 0 amide bonds. The summed E-state index contributed by atoms with van der Waals surface area (Å²) in [6, 6.07) is 0. The van der Waals surface area contributed by atoms with Gasteiger partial charge in [0.1, 0.15) is 0 Å². The van der Waals surface area contributed by atoms with Crippen LogP contribution in [0.4, 0.5) is 0 Å². The molecule has 0 fully saturated rings. The zero-order valence-corrected chi connectivity index (χ0v) is 31.5. The molecule has 25 nitrogen and oxygen atoms in total. The maximum absolute atomic E-state index is 9.28. The van der Waals surface area contributed by atoms with Gasteiger partial charge in [-0.15, -0.1) is 4.57 Å². The Balaban J connectivity index is -0.00000000146. The molecule has 0 heterocycles. The van der Waals surface area contributed by atoms with Gasteiger partial charge in [-0.2, -0.15) is 0 Å². The van der Waals surface area contributed by atoms with Gasteiger partial charge in [0.25, 0.3) is 0 Å². The molecule has 0 atom stereocenters. The van der Waals surface area contributed by atoms with Crippen molar-refractivity contribution in [3.05, 3.63) is 0 Å². The smallest absolute Gasteiger partial charge is 0.412 e. The van der Waals surface area contributed by atoms with E-state index in [9.17, 15) is 4.57 Å². The fourth-order valence-corrected chi connectivity index (χ4v) is 0.